The van der Waals surface area contributed by atoms with Gasteiger partial charge in [0, 0.05) is 43.7 Å². The first-order chi connectivity index (χ1) is 13.3. The van der Waals surface area contributed by atoms with E-state index < -0.39 is 0 Å². The molecule has 0 saturated carbocycles. The van der Waals surface area contributed by atoms with Crippen molar-refractivity contribution in [2.45, 2.75) is 19.3 Å². The van der Waals surface area contributed by atoms with Gasteiger partial charge in [-0.25, -0.2) is 15.0 Å². The van der Waals surface area contributed by atoms with Gasteiger partial charge in [0.2, 0.25) is 5.91 Å². The molecule has 138 valence electrons. The Labute approximate surface area is 157 Å². The first-order valence-electron chi connectivity index (χ1n) is 9.24. The molecular formula is C20H22N6O. The van der Waals surface area contributed by atoms with Gasteiger partial charge in [0.1, 0.15) is 23.8 Å². The number of pyridine rings is 1. The van der Waals surface area contributed by atoms with E-state index in [1.165, 1.54) is 6.33 Å². The van der Waals surface area contributed by atoms with Crippen LogP contribution in [0.3, 0.4) is 0 Å². The monoisotopic (exact) mass is 362 g/mol. The summed E-state index contributed by atoms with van der Waals surface area (Å²) in [6, 6.07) is 11.9. The maximum absolute atomic E-state index is 11.6. The summed E-state index contributed by atoms with van der Waals surface area (Å²) in [6.07, 6.45) is 5.87. The van der Waals surface area contributed by atoms with E-state index >= 15 is 0 Å². The number of carbonyl (C=O) groups excluding carboxylic acids is 1. The molecule has 1 fully saturated rings. The molecule has 27 heavy (non-hydrogen) atoms. The van der Waals surface area contributed by atoms with E-state index in [4.69, 9.17) is 0 Å². The number of hydrogen-bond acceptors (Lipinski definition) is 6. The number of anilines is 3. The molecule has 2 aromatic heterocycles. The molecule has 1 aliphatic heterocycles. The van der Waals surface area contributed by atoms with Gasteiger partial charge < -0.3 is 15.5 Å². The summed E-state index contributed by atoms with van der Waals surface area (Å²) in [4.78, 5) is 26.5. The largest absolute Gasteiger partial charge is 0.370 e. The number of nitrogens with zero attached hydrogens (tertiary/aromatic N) is 4. The van der Waals surface area contributed by atoms with Gasteiger partial charge in [0.15, 0.2) is 0 Å². The van der Waals surface area contributed by atoms with Crippen molar-refractivity contribution < 1.29 is 4.79 Å². The zero-order valence-corrected chi connectivity index (χ0v) is 15.1. The third-order valence-corrected chi connectivity index (χ3v) is 4.67. The van der Waals surface area contributed by atoms with Crippen molar-refractivity contribution in [1.29, 1.82) is 0 Å². The average molecular weight is 362 g/mol. The first-order valence-corrected chi connectivity index (χ1v) is 9.24. The molecule has 0 atom stereocenters. The van der Waals surface area contributed by atoms with Crippen LogP contribution >= 0.6 is 0 Å². The summed E-state index contributed by atoms with van der Waals surface area (Å²) in [5, 5.41) is 8.74. The average Bonchev–Trinajstić information content (AvgIpc) is 3.11. The topological polar surface area (TPSA) is 83.0 Å². The molecule has 7 heteroatoms. The number of likely N-dealkylation sites (tertiary alicyclic amines) is 1. The van der Waals surface area contributed by atoms with Crippen molar-refractivity contribution >= 4 is 34.1 Å². The molecule has 2 N–H and O–H groups in total. The Hall–Kier alpha value is -3.22. The van der Waals surface area contributed by atoms with Gasteiger partial charge in [-0.2, -0.15) is 0 Å². The van der Waals surface area contributed by atoms with Crippen LogP contribution in [0.4, 0.5) is 17.5 Å². The highest BCUT2D eigenvalue weighted by Crippen LogP contribution is 2.23. The van der Waals surface area contributed by atoms with Gasteiger partial charge in [-0.15, -0.1) is 0 Å². The van der Waals surface area contributed by atoms with Gasteiger partial charge in [-0.3, -0.25) is 4.79 Å². The Morgan fingerprint density at radius 1 is 1.07 bits per heavy atom. The summed E-state index contributed by atoms with van der Waals surface area (Å²) < 4.78 is 0. The van der Waals surface area contributed by atoms with Crippen molar-refractivity contribution in [3.8, 4) is 0 Å². The van der Waals surface area contributed by atoms with Crippen molar-refractivity contribution in [3.63, 3.8) is 0 Å². The number of fused-ring (bicyclic) bond motifs is 1. The van der Waals surface area contributed by atoms with Crippen molar-refractivity contribution in [1.82, 2.24) is 19.9 Å². The number of aromatic nitrogens is 3. The third kappa shape index (κ3) is 4.13. The first kappa shape index (κ1) is 17.2. The zero-order valence-electron chi connectivity index (χ0n) is 15.1. The molecule has 1 aliphatic rings. The van der Waals surface area contributed by atoms with Gasteiger partial charge in [-0.05, 0) is 24.3 Å². The molecular weight excluding hydrogens is 340 g/mol. The predicted octanol–water partition coefficient (Wildman–Crippen LogP) is 3.19. The second kappa shape index (κ2) is 7.99. The molecule has 3 heterocycles. The van der Waals surface area contributed by atoms with Crippen LogP contribution in [0.5, 0.6) is 0 Å². The van der Waals surface area contributed by atoms with Crippen molar-refractivity contribution in [3.05, 3.63) is 48.9 Å². The highest BCUT2D eigenvalue weighted by molar-refractivity contribution is 5.92. The SMILES string of the molecule is O=C1CCCN1CCCNc1cc(Nc2nccc3ccccc23)ncn1. The highest BCUT2D eigenvalue weighted by Gasteiger charge is 2.18. The fourth-order valence-electron chi connectivity index (χ4n) is 3.29. The standard InChI is InChI=1S/C20H22N6O/c27-19-7-3-11-26(19)12-4-9-21-17-13-18(24-14-23-17)25-20-16-6-2-1-5-15(16)8-10-22-20/h1-2,5-6,8,10,13-14H,3-4,7,9,11-12H2,(H2,21,22,23,24,25). The van der Waals surface area contributed by atoms with E-state index in [-0.39, 0.29) is 5.91 Å². The van der Waals surface area contributed by atoms with Crippen molar-refractivity contribution in [2.24, 2.45) is 0 Å². The van der Waals surface area contributed by atoms with Gasteiger partial charge in [0.05, 0.1) is 0 Å². The van der Waals surface area contributed by atoms with Crippen LogP contribution < -0.4 is 10.6 Å². The zero-order chi connectivity index (χ0) is 18.5. The Morgan fingerprint density at radius 2 is 1.96 bits per heavy atom. The summed E-state index contributed by atoms with van der Waals surface area (Å²) in [5.41, 5.74) is 0. The Morgan fingerprint density at radius 3 is 2.85 bits per heavy atom. The molecule has 0 radical (unpaired) electrons. The normalized spacial score (nSPS) is 13.9. The molecule has 0 unspecified atom stereocenters. The lowest BCUT2D eigenvalue weighted by Gasteiger charge is -2.15. The molecule has 7 nitrogen and oxygen atoms in total. The Balaban J connectivity index is 1.36. The number of benzene rings is 1. The van der Waals surface area contributed by atoms with E-state index in [2.05, 4.69) is 31.7 Å². The predicted molar refractivity (Wildman–Crippen MR) is 106 cm³/mol. The van der Waals surface area contributed by atoms with Crippen LogP contribution in [-0.2, 0) is 4.79 Å². The minimum absolute atomic E-state index is 0.270. The Bertz CT molecular complexity index is 939. The lowest BCUT2D eigenvalue weighted by molar-refractivity contribution is -0.127. The van der Waals surface area contributed by atoms with Crippen LogP contribution in [-0.4, -0.2) is 45.4 Å². The minimum atomic E-state index is 0.270. The van der Waals surface area contributed by atoms with Crippen LogP contribution in [0.15, 0.2) is 48.9 Å². The molecule has 1 amide bonds. The molecule has 1 saturated heterocycles. The maximum atomic E-state index is 11.6. The fourth-order valence-corrected chi connectivity index (χ4v) is 3.29. The summed E-state index contributed by atoms with van der Waals surface area (Å²) in [7, 11) is 0. The summed E-state index contributed by atoms with van der Waals surface area (Å²) >= 11 is 0. The summed E-state index contributed by atoms with van der Waals surface area (Å²) in [5.74, 6) is 2.47. The highest BCUT2D eigenvalue weighted by atomic mass is 16.2. The number of amides is 1. The van der Waals surface area contributed by atoms with E-state index in [1.54, 1.807) is 6.20 Å². The number of carbonyl (C=O) groups is 1. The van der Waals surface area contributed by atoms with Gasteiger partial charge >= 0.3 is 0 Å². The molecule has 0 aliphatic carbocycles. The smallest absolute Gasteiger partial charge is 0.222 e. The van der Waals surface area contributed by atoms with E-state index in [9.17, 15) is 4.79 Å². The molecule has 4 rings (SSSR count). The molecule has 3 aromatic rings. The second-order valence-electron chi connectivity index (χ2n) is 6.56. The third-order valence-electron chi connectivity index (χ3n) is 4.67. The Kier molecular flexibility index (Phi) is 5.09. The van der Waals surface area contributed by atoms with Crippen molar-refractivity contribution in [2.75, 3.05) is 30.3 Å². The van der Waals surface area contributed by atoms with E-state index in [1.807, 2.05) is 35.2 Å². The fraction of sp³-hybridized carbons (Fsp3) is 0.300. The van der Waals surface area contributed by atoms with E-state index in [0.29, 0.717) is 12.2 Å². The second-order valence-corrected chi connectivity index (χ2v) is 6.56. The van der Waals surface area contributed by atoms with Crippen LogP contribution in [0.2, 0.25) is 0 Å². The maximum Gasteiger partial charge on any atom is 0.222 e. The van der Waals surface area contributed by atoms with Crippen LogP contribution in [0.25, 0.3) is 10.8 Å². The quantitative estimate of drug-likeness (QED) is 0.628. The number of hydrogen-bond donors (Lipinski definition) is 2. The number of rotatable bonds is 7. The summed E-state index contributed by atoms with van der Waals surface area (Å²) in [6.45, 7) is 2.44. The van der Waals surface area contributed by atoms with Crippen LogP contribution in [0, 0.1) is 0 Å². The minimum Gasteiger partial charge on any atom is -0.370 e. The lowest BCUT2D eigenvalue weighted by Crippen LogP contribution is -2.27. The van der Waals surface area contributed by atoms with Crippen LogP contribution in [0.1, 0.15) is 19.3 Å². The lowest BCUT2D eigenvalue weighted by atomic mass is 10.1. The molecule has 1 aromatic carbocycles. The molecule has 0 bridgehead atoms. The van der Waals surface area contributed by atoms with Gasteiger partial charge in [0.25, 0.3) is 0 Å². The number of nitrogens with one attached hydrogen (secondary N) is 2. The van der Waals surface area contributed by atoms with Gasteiger partial charge in [-0.1, -0.05) is 24.3 Å². The van der Waals surface area contributed by atoms with E-state index in [0.717, 1.165) is 54.9 Å². The molecule has 0 spiro atoms.